The van der Waals surface area contributed by atoms with Crippen molar-refractivity contribution in [2.45, 2.75) is 13.7 Å². The van der Waals surface area contributed by atoms with Gasteiger partial charge in [0.1, 0.15) is 0 Å². The zero-order valence-corrected chi connectivity index (χ0v) is 4.30. The Bertz CT molecular complexity index is 390. The average molecular weight is 132 g/mol. The van der Waals surface area contributed by atoms with Crippen molar-refractivity contribution in [2.24, 2.45) is 0 Å². The van der Waals surface area contributed by atoms with Gasteiger partial charge in [-0.25, -0.2) is 9.97 Å². The van der Waals surface area contributed by atoms with Crippen LogP contribution in [-0.2, 0) is 0 Å². The van der Waals surface area contributed by atoms with Gasteiger partial charge in [-0.15, -0.1) is 0 Å². The smallest absolute Gasteiger partial charge is 0.314 e. The van der Waals surface area contributed by atoms with E-state index in [2.05, 4.69) is 15.1 Å². The number of rotatable bonds is 1. The predicted octanol–water partition coefficient (Wildman–Crippen LogP) is 0.799. The van der Waals surface area contributed by atoms with Crippen molar-refractivity contribution in [3.63, 3.8) is 0 Å². The second kappa shape index (κ2) is 2.01. The highest BCUT2D eigenvalue weighted by atomic mass is 16.3. The molecule has 3 nitrogen and oxygen atoms in total. The fourth-order valence-electron chi connectivity index (χ4n) is 0.384. The van der Waals surface area contributed by atoms with Crippen LogP contribution in [0.5, 0.6) is 6.01 Å². The van der Waals surface area contributed by atoms with Gasteiger partial charge in [-0.1, -0.05) is 0 Å². The molecule has 1 rings (SSSR count). The summed E-state index contributed by atoms with van der Waals surface area (Å²) in [6.45, 7) is -5.54. The fourth-order valence-corrected chi connectivity index (χ4v) is 0.384. The Morgan fingerprint density at radius 3 is 2.78 bits per heavy atom. The molecule has 0 aromatic carbocycles. The topological polar surface area (TPSA) is 46.0 Å². The van der Waals surface area contributed by atoms with Crippen LogP contribution in [0.4, 0.5) is 0 Å². The number of nitrogens with zero attached hydrogens (tertiary/aromatic N) is 2. The standard InChI is InChI=1S/C6H8N2O/c1-4-3-5(2)8-6(9)7-4/h3H,1-2H3,(H,7,8,9)/i1D3,2D3,3D/hD. The highest BCUT2D eigenvalue weighted by Gasteiger charge is 1.92. The maximum Gasteiger partial charge on any atom is 0.314 e. The lowest BCUT2D eigenvalue weighted by atomic mass is 10.4. The molecule has 3 heteroatoms. The van der Waals surface area contributed by atoms with Gasteiger partial charge in [-0.2, -0.15) is 0 Å². The second-order valence-electron chi connectivity index (χ2n) is 1.33. The second-order valence-corrected chi connectivity index (χ2v) is 1.33. The Hall–Kier alpha value is -1.12. The largest absolute Gasteiger partial charge is 0.479 e. The van der Waals surface area contributed by atoms with E-state index in [9.17, 15) is 0 Å². The highest BCUT2D eigenvalue weighted by Crippen LogP contribution is 2.02. The summed E-state index contributed by atoms with van der Waals surface area (Å²) in [7, 11) is 0. The lowest BCUT2D eigenvalue weighted by molar-refractivity contribution is 0.427. The third kappa shape index (κ3) is 1.38. The molecule has 0 amide bonds. The summed E-state index contributed by atoms with van der Waals surface area (Å²) in [5, 5.41) is 3.89. The molecule has 0 fully saturated rings. The normalized spacial score (nSPS) is 24.9. The zero-order valence-electron chi connectivity index (χ0n) is 12.3. The van der Waals surface area contributed by atoms with Gasteiger partial charge in [0.15, 0.2) is 0 Å². The molecule has 48 valence electrons. The van der Waals surface area contributed by atoms with Crippen LogP contribution in [0, 0.1) is 13.7 Å². The molecule has 0 bridgehead atoms. The number of hydrogen-bond donors (Lipinski definition) is 1. The van der Waals surface area contributed by atoms with E-state index < -0.39 is 37.1 Å². The van der Waals surface area contributed by atoms with Gasteiger partial charge in [0.25, 0.3) is 1.43 Å². The lowest BCUT2D eigenvalue weighted by Gasteiger charge is -1.93. The van der Waals surface area contributed by atoms with Crippen molar-refractivity contribution in [3.8, 4) is 6.01 Å². The van der Waals surface area contributed by atoms with Crippen molar-refractivity contribution in [2.75, 3.05) is 0 Å². The lowest BCUT2D eigenvalue weighted by Crippen LogP contribution is -1.87. The van der Waals surface area contributed by atoms with Gasteiger partial charge in [-0.3, -0.25) is 0 Å². The van der Waals surface area contributed by atoms with E-state index >= 15 is 0 Å². The molecule has 0 saturated heterocycles. The molecule has 0 aliphatic carbocycles. The summed E-state index contributed by atoms with van der Waals surface area (Å²) < 4.78 is 56.7. The molecule has 0 unspecified atom stereocenters. The first-order chi connectivity index (χ1) is 7.57. The fraction of sp³-hybridized carbons (Fsp3) is 0.333. The Kier molecular flexibility index (Phi) is 0.330. The molecule has 0 atom stereocenters. The molecular weight excluding hydrogens is 116 g/mol. The quantitative estimate of drug-likeness (QED) is 0.614. The zero-order chi connectivity index (χ0) is 13.4. The first-order valence-corrected chi connectivity index (χ1v) is 2.10. The molecule has 0 aliphatic heterocycles. The first kappa shape index (κ1) is 1.48. The molecule has 0 saturated carbocycles. The van der Waals surface area contributed by atoms with Gasteiger partial charge in [-0.05, 0) is 19.7 Å². The summed E-state index contributed by atoms with van der Waals surface area (Å²) in [5.74, 6) is 0. The molecule has 9 heavy (non-hydrogen) atoms. The number of hydrogen-bond acceptors (Lipinski definition) is 3. The van der Waals surface area contributed by atoms with E-state index in [0.717, 1.165) is 0 Å². The molecule has 1 aromatic rings. The van der Waals surface area contributed by atoms with E-state index in [-0.39, 0.29) is 0 Å². The van der Waals surface area contributed by atoms with Crippen LogP contribution in [0.3, 0.4) is 0 Å². The Morgan fingerprint density at radius 1 is 1.67 bits per heavy atom. The van der Waals surface area contributed by atoms with Crippen LogP contribution < -0.4 is 0 Å². The van der Waals surface area contributed by atoms with Gasteiger partial charge in [0.2, 0.25) is 0 Å². The molecule has 1 heterocycles. The summed E-state index contributed by atoms with van der Waals surface area (Å²) in [6.07, 6.45) is 0. The Balaban J connectivity index is 3.53. The average Bonchev–Trinajstić information content (AvgIpc) is 2.14. The van der Waals surface area contributed by atoms with Crippen LogP contribution in [-0.4, -0.2) is 16.5 Å². The number of aryl methyl sites for hydroxylation is 2. The summed E-state index contributed by atoms with van der Waals surface area (Å²) in [6, 6.07) is -1.50. The van der Waals surface area contributed by atoms with Crippen LogP contribution in [0.15, 0.2) is 6.04 Å². The monoisotopic (exact) mass is 132 g/mol. The van der Waals surface area contributed by atoms with E-state index in [4.69, 9.17) is 11.0 Å². The minimum atomic E-state index is -2.77. The molecule has 1 N–H and O–H groups in total. The predicted molar refractivity (Wildman–Crippen MR) is 33.2 cm³/mol. The van der Waals surface area contributed by atoms with E-state index in [1.165, 1.54) is 0 Å². The van der Waals surface area contributed by atoms with E-state index in [0.29, 0.717) is 0 Å². The molecular formula is C6H8N2O. The third-order valence-electron chi connectivity index (χ3n) is 0.652. The van der Waals surface area contributed by atoms with Crippen LogP contribution in [0.1, 0.15) is 21.0 Å². The van der Waals surface area contributed by atoms with Gasteiger partial charge in [0, 0.05) is 19.6 Å². The van der Waals surface area contributed by atoms with Crippen LogP contribution >= 0.6 is 0 Å². The van der Waals surface area contributed by atoms with Crippen molar-refractivity contribution < 1.29 is 14.7 Å². The first-order valence-electron chi connectivity index (χ1n) is 6.01. The maximum atomic E-state index is 7.47. The molecule has 0 radical (unpaired) electrons. The number of aromatic nitrogens is 2. The molecule has 0 aliphatic rings. The third-order valence-corrected chi connectivity index (χ3v) is 0.652. The van der Waals surface area contributed by atoms with Gasteiger partial charge >= 0.3 is 6.01 Å². The summed E-state index contributed by atoms with van der Waals surface area (Å²) in [5.41, 5.74) is -1.50. The van der Waals surface area contributed by atoms with Crippen molar-refractivity contribution in [3.05, 3.63) is 17.4 Å². The minimum absolute atomic E-state index is 0.710. The summed E-state index contributed by atoms with van der Waals surface area (Å²) in [4.78, 5) is 6.63. The van der Waals surface area contributed by atoms with Gasteiger partial charge in [0.05, 0.1) is 1.37 Å². The van der Waals surface area contributed by atoms with Crippen LogP contribution in [0.25, 0.3) is 0 Å². The van der Waals surface area contributed by atoms with Crippen LogP contribution in [0.2, 0.25) is 0 Å². The SMILES string of the molecule is [2H]Oc1nc(C([2H])([2H])[2H])c([2H])c(C([2H])([2H])[2H])n1. The highest BCUT2D eigenvalue weighted by molar-refractivity contribution is 5.09. The number of aromatic hydroxyl groups is 1. The summed E-state index contributed by atoms with van der Waals surface area (Å²) >= 11 is 0. The van der Waals surface area contributed by atoms with E-state index in [1.54, 1.807) is 0 Å². The molecule has 0 spiro atoms. The Labute approximate surface area is 64.7 Å². The molecule has 1 aromatic heterocycles. The maximum absolute atomic E-state index is 7.47. The Morgan fingerprint density at radius 2 is 2.33 bits per heavy atom. The van der Waals surface area contributed by atoms with Crippen molar-refractivity contribution in [1.29, 1.82) is 1.43 Å². The van der Waals surface area contributed by atoms with E-state index in [1.807, 2.05) is 0 Å². The minimum Gasteiger partial charge on any atom is -0.479 e. The van der Waals surface area contributed by atoms with Gasteiger partial charge < -0.3 is 5.11 Å². The van der Waals surface area contributed by atoms with Crippen molar-refractivity contribution >= 4 is 0 Å². The van der Waals surface area contributed by atoms with Crippen molar-refractivity contribution in [1.82, 2.24) is 9.97 Å².